The van der Waals surface area contributed by atoms with Crippen LogP contribution in [0.3, 0.4) is 0 Å². The van der Waals surface area contributed by atoms with E-state index in [1.165, 1.54) is 12.1 Å². The summed E-state index contributed by atoms with van der Waals surface area (Å²) in [5, 5.41) is 2.73. The third kappa shape index (κ3) is 8.38. The fourth-order valence-corrected chi connectivity index (χ4v) is 3.11. The van der Waals surface area contributed by atoms with Crippen molar-refractivity contribution in [1.29, 1.82) is 0 Å². The molecule has 0 aromatic heterocycles. The Morgan fingerprint density at radius 1 is 1.07 bits per heavy atom. The van der Waals surface area contributed by atoms with Gasteiger partial charge in [0.2, 0.25) is 0 Å². The minimum Gasteiger partial charge on any atom is -0.444 e. The smallest absolute Gasteiger partial charge is 0.416 e. The van der Waals surface area contributed by atoms with Gasteiger partial charge >= 0.3 is 12.3 Å². The molecule has 1 N–H and O–H groups in total. The average Bonchev–Trinajstić information content (AvgIpc) is 2.50. The van der Waals surface area contributed by atoms with Gasteiger partial charge in [-0.1, -0.05) is 32.9 Å². The Hall–Kier alpha value is -1.54. The highest BCUT2D eigenvalue weighted by atomic mass is 28.4. The predicted molar refractivity (Wildman–Crippen MR) is 111 cm³/mol. The van der Waals surface area contributed by atoms with Gasteiger partial charge in [-0.2, -0.15) is 13.2 Å². The van der Waals surface area contributed by atoms with Crippen molar-refractivity contribution in [2.24, 2.45) is 0 Å². The van der Waals surface area contributed by atoms with Crippen molar-refractivity contribution >= 4 is 14.4 Å². The van der Waals surface area contributed by atoms with Crippen molar-refractivity contribution in [3.05, 3.63) is 41.8 Å². The number of hydrogen-bond donors (Lipinski definition) is 1. The lowest BCUT2D eigenvalue weighted by molar-refractivity contribution is -0.137. The summed E-state index contributed by atoms with van der Waals surface area (Å²) < 4.78 is 50.0. The number of ether oxygens (including phenoxy) is 1. The van der Waals surface area contributed by atoms with Crippen LogP contribution in [0.1, 0.15) is 58.7 Å². The fraction of sp³-hybridized carbons (Fsp3) is 0.619. The molecule has 0 fully saturated rings. The molecule has 29 heavy (non-hydrogen) atoms. The summed E-state index contributed by atoms with van der Waals surface area (Å²) in [4.78, 5) is 12.2. The highest BCUT2D eigenvalue weighted by Crippen LogP contribution is 2.37. The summed E-state index contributed by atoms with van der Waals surface area (Å²) >= 11 is 0. The monoisotopic (exact) mass is 432 g/mol. The van der Waals surface area contributed by atoms with Gasteiger partial charge in [-0.15, -0.1) is 0 Å². The zero-order valence-corrected chi connectivity index (χ0v) is 19.5. The van der Waals surface area contributed by atoms with E-state index >= 15 is 0 Å². The van der Waals surface area contributed by atoms with Crippen molar-refractivity contribution in [3.63, 3.8) is 0 Å². The van der Waals surface area contributed by atoms with Crippen LogP contribution in [-0.4, -0.2) is 26.6 Å². The van der Waals surface area contributed by atoms with Crippen molar-refractivity contribution in [3.8, 4) is 0 Å². The standard InChI is InChI=1S/C21H33F3NO3Si/c1-19(2,3)28-18(26)25-17(13-14-27-29(7,8)20(4,5)6)15-9-11-16(12-10-15)21(22,23)24/h9-13,17H,14H2,1-8H3,(H,25,26)/t17-/m1/s1. The van der Waals surface area contributed by atoms with Gasteiger partial charge in [-0.25, -0.2) is 4.79 Å². The lowest BCUT2D eigenvalue weighted by Gasteiger charge is -2.36. The quantitative estimate of drug-likeness (QED) is 0.522. The lowest BCUT2D eigenvalue weighted by Crippen LogP contribution is -2.42. The van der Waals surface area contributed by atoms with Crippen LogP contribution in [0.5, 0.6) is 0 Å². The van der Waals surface area contributed by atoms with Gasteiger partial charge < -0.3 is 14.5 Å². The molecule has 1 radical (unpaired) electrons. The highest BCUT2D eigenvalue weighted by molar-refractivity contribution is 6.74. The maximum absolute atomic E-state index is 12.8. The lowest BCUT2D eigenvalue weighted by atomic mass is 10.0. The molecule has 1 aromatic carbocycles. The van der Waals surface area contributed by atoms with Gasteiger partial charge in [0.25, 0.3) is 0 Å². The summed E-state index contributed by atoms with van der Waals surface area (Å²) in [6.45, 7) is 16.0. The van der Waals surface area contributed by atoms with Crippen molar-refractivity contribution in [1.82, 2.24) is 5.32 Å². The van der Waals surface area contributed by atoms with Gasteiger partial charge in [0.15, 0.2) is 8.32 Å². The molecule has 1 aromatic rings. The van der Waals surface area contributed by atoms with E-state index < -0.39 is 37.8 Å². The van der Waals surface area contributed by atoms with Crippen LogP contribution in [-0.2, 0) is 15.3 Å². The summed E-state index contributed by atoms with van der Waals surface area (Å²) in [7, 11) is -2.01. The SMILES string of the molecule is CC(C)(C)OC(=O)N[C@H]([CH]CO[Si](C)(C)C(C)(C)C)c1ccc(C(F)(F)F)cc1. The van der Waals surface area contributed by atoms with Crippen LogP contribution in [0.4, 0.5) is 18.0 Å². The average molecular weight is 433 g/mol. The molecule has 0 saturated carbocycles. The third-order valence-corrected chi connectivity index (χ3v) is 9.35. The molecule has 1 atom stereocenters. The molecule has 1 rings (SSSR count). The van der Waals surface area contributed by atoms with E-state index in [0.717, 1.165) is 12.1 Å². The van der Waals surface area contributed by atoms with E-state index in [9.17, 15) is 18.0 Å². The first-order valence-electron chi connectivity index (χ1n) is 9.56. The summed E-state index contributed by atoms with van der Waals surface area (Å²) in [5.74, 6) is 0. The molecule has 8 heteroatoms. The molecular weight excluding hydrogens is 399 g/mol. The molecule has 0 aliphatic carbocycles. The Balaban J connectivity index is 2.96. The van der Waals surface area contributed by atoms with Crippen LogP contribution >= 0.6 is 0 Å². The molecule has 0 aliphatic heterocycles. The first-order valence-corrected chi connectivity index (χ1v) is 12.5. The second-order valence-electron chi connectivity index (χ2n) is 9.55. The van der Waals surface area contributed by atoms with E-state index in [-0.39, 0.29) is 11.6 Å². The van der Waals surface area contributed by atoms with Crippen molar-refractivity contribution in [2.45, 2.75) is 77.5 Å². The van der Waals surface area contributed by atoms with Crippen molar-refractivity contribution in [2.75, 3.05) is 6.61 Å². The second kappa shape index (κ2) is 9.08. The molecule has 0 unspecified atom stereocenters. The van der Waals surface area contributed by atoms with Crippen LogP contribution in [0, 0.1) is 6.42 Å². The number of nitrogens with one attached hydrogen (secondary N) is 1. The first-order chi connectivity index (χ1) is 12.9. The summed E-state index contributed by atoms with van der Waals surface area (Å²) in [6, 6.07) is 4.07. The molecule has 0 saturated heterocycles. The Kier molecular flexibility index (Phi) is 7.98. The molecule has 165 valence electrons. The van der Waals surface area contributed by atoms with Gasteiger partial charge in [-0.05, 0) is 56.6 Å². The third-order valence-electron chi connectivity index (χ3n) is 4.85. The van der Waals surface area contributed by atoms with Gasteiger partial charge in [0, 0.05) is 13.0 Å². The van der Waals surface area contributed by atoms with Crippen LogP contribution in [0.15, 0.2) is 24.3 Å². The Labute approximate surface area is 173 Å². The number of amides is 1. The van der Waals surface area contributed by atoms with Crippen LogP contribution in [0.2, 0.25) is 18.1 Å². The number of hydrogen-bond acceptors (Lipinski definition) is 3. The largest absolute Gasteiger partial charge is 0.444 e. The van der Waals surface area contributed by atoms with E-state index in [4.69, 9.17) is 9.16 Å². The number of carbonyl (C=O) groups is 1. The number of benzene rings is 1. The predicted octanol–water partition coefficient (Wildman–Crippen LogP) is 6.50. The number of rotatable bonds is 6. The van der Waals surface area contributed by atoms with E-state index in [2.05, 4.69) is 39.2 Å². The first kappa shape index (κ1) is 25.5. The van der Waals surface area contributed by atoms with Crippen LogP contribution in [0.25, 0.3) is 0 Å². The Bertz CT molecular complexity index is 674. The number of halogens is 3. The minimum absolute atomic E-state index is 0.0172. The molecule has 0 bridgehead atoms. The summed E-state index contributed by atoms with van der Waals surface area (Å²) in [6.07, 6.45) is -3.32. The molecular formula is C21H33F3NO3Si. The highest BCUT2D eigenvalue weighted by Gasteiger charge is 2.37. The number of alkyl carbamates (subject to hydrolysis) is 1. The summed E-state index contributed by atoms with van der Waals surface area (Å²) in [5.41, 5.74) is -0.913. The molecule has 0 spiro atoms. The van der Waals surface area contributed by atoms with Crippen molar-refractivity contribution < 1.29 is 27.1 Å². The maximum Gasteiger partial charge on any atom is 0.416 e. The van der Waals surface area contributed by atoms with E-state index in [0.29, 0.717) is 5.56 Å². The molecule has 0 aliphatic rings. The fourth-order valence-electron chi connectivity index (χ4n) is 2.16. The zero-order chi connectivity index (χ0) is 22.7. The molecule has 0 heterocycles. The molecule has 1 amide bonds. The number of alkyl halides is 3. The van der Waals surface area contributed by atoms with E-state index in [1.54, 1.807) is 27.2 Å². The minimum atomic E-state index is -4.41. The van der Waals surface area contributed by atoms with Gasteiger partial charge in [0.05, 0.1) is 11.6 Å². The van der Waals surface area contributed by atoms with E-state index in [1.807, 2.05) is 0 Å². The Morgan fingerprint density at radius 3 is 2.00 bits per heavy atom. The normalized spacial score (nSPS) is 14.4. The number of carbonyl (C=O) groups excluding carboxylic acids is 1. The topological polar surface area (TPSA) is 47.6 Å². The maximum atomic E-state index is 12.8. The van der Waals surface area contributed by atoms with Crippen LogP contribution < -0.4 is 5.32 Å². The second-order valence-corrected chi connectivity index (χ2v) is 14.4. The zero-order valence-electron chi connectivity index (χ0n) is 18.5. The van der Waals surface area contributed by atoms with Gasteiger partial charge in [-0.3, -0.25) is 0 Å². The van der Waals surface area contributed by atoms with Gasteiger partial charge in [0.1, 0.15) is 5.60 Å². The Morgan fingerprint density at radius 2 is 1.59 bits per heavy atom. The molecule has 4 nitrogen and oxygen atoms in total.